The number of aromatic nitrogens is 2. The molecule has 0 fully saturated rings. The second-order valence-corrected chi connectivity index (χ2v) is 5.22. The lowest BCUT2D eigenvalue weighted by molar-refractivity contribution is 0.694. The molecule has 0 radical (unpaired) electrons. The van der Waals surface area contributed by atoms with Gasteiger partial charge in [0.1, 0.15) is 0 Å². The SMILES string of the molecule is NCc1ccc(Cn2ncc(=O)c3ccccc32)c(Cl)c1. The number of rotatable bonds is 3. The molecule has 0 amide bonds. The van der Waals surface area contributed by atoms with Crippen molar-refractivity contribution in [2.24, 2.45) is 5.73 Å². The topological polar surface area (TPSA) is 60.9 Å². The van der Waals surface area contributed by atoms with Crippen LogP contribution in [0.1, 0.15) is 11.1 Å². The first-order valence-corrected chi connectivity index (χ1v) is 6.99. The summed E-state index contributed by atoms with van der Waals surface area (Å²) in [5, 5.41) is 5.52. The molecule has 106 valence electrons. The molecule has 0 bridgehead atoms. The van der Waals surface area contributed by atoms with Crippen molar-refractivity contribution >= 4 is 22.5 Å². The first kappa shape index (κ1) is 13.8. The number of benzene rings is 2. The molecule has 4 nitrogen and oxygen atoms in total. The van der Waals surface area contributed by atoms with Gasteiger partial charge in [-0.15, -0.1) is 0 Å². The van der Waals surface area contributed by atoms with Crippen LogP contribution in [0.15, 0.2) is 53.5 Å². The van der Waals surface area contributed by atoms with E-state index in [0.717, 1.165) is 16.6 Å². The Balaban J connectivity index is 2.06. The van der Waals surface area contributed by atoms with Gasteiger partial charge < -0.3 is 5.73 Å². The number of para-hydroxylation sites is 1. The highest BCUT2D eigenvalue weighted by atomic mass is 35.5. The molecule has 21 heavy (non-hydrogen) atoms. The largest absolute Gasteiger partial charge is 0.326 e. The van der Waals surface area contributed by atoms with Gasteiger partial charge in [-0.2, -0.15) is 5.10 Å². The second-order valence-electron chi connectivity index (χ2n) is 4.81. The lowest BCUT2D eigenvalue weighted by atomic mass is 10.1. The monoisotopic (exact) mass is 299 g/mol. The summed E-state index contributed by atoms with van der Waals surface area (Å²) in [5.41, 5.74) is 8.25. The predicted octanol–water partition coefficient (Wildman–Crippen LogP) is 2.56. The van der Waals surface area contributed by atoms with Gasteiger partial charge in [0.05, 0.1) is 18.3 Å². The summed E-state index contributed by atoms with van der Waals surface area (Å²) >= 11 is 6.28. The summed E-state index contributed by atoms with van der Waals surface area (Å²) in [6.07, 6.45) is 1.34. The molecule has 0 aliphatic heterocycles. The van der Waals surface area contributed by atoms with Crippen molar-refractivity contribution in [3.05, 3.63) is 75.0 Å². The average molecular weight is 300 g/mol. The third-order valence-electron chi connectivity index (χ3n) is 3.44. The van der Waals surface area contributed by atoms with Crippen LogP contribution in [0.2, 0.25) is 5.02 Å². The van der Waals surface area contributed by atoms with Crippen LogP contribution < -0.4 is 11.2 Å². The van der Waals surface area contributed by atoms with E-state index in [9.17, 15) is 4.79 Å². The van der Waals surface area contributed by atoms with Crippen molar-refractivity contribution in [3.8, 4) is 0 Å². The quantitative estimate of drug-likeness (QED) is 0.808. The van der Waals surface area contributed by atoms with Crippen LogP contribution in [0, 0.1) is 0 Å². The third kappa shape index (κ3) is 2.68. The smallest absolute Gasteiger partial charge is 0.207 e. The molecule has 0 spiro atoms. The fourth-order valence-electron chi connectivity index (χ4n) is 2.29. The van der Waals surface area contributed by atoms with E-state index >= 15 is 0 Å². The molecule has 0 saturated heterocycles. The van der Waals surface area contributed by atoms with Gasteiger partial charge in [0, 0.05) is 17.0 Å². The molecule has 0 saturated carbocycles. The summed E-state index contributed by atoms with van der Waals surface area (Å²) in [5.74, 6) is 0. The van der Waals surface area contributed by atoms with Crippen LogP contribution in [0.3, 0.4) is 0 Å². The molecule has 1 aromatic heterocycles. The van der Waals surface area contributed by atoms with Crippen LogP contribution in [-0.4, -0.2) is 9.78 Å². The molecule has 3 aromatic rings. The molecular formula is C16H14ClN3O. The fraction of sp³-hybridized carbons (Fsp3) is 0.125. The Morgan fingerprint density at radius 3 is 2.76 bits per heavy atom. The van der Waals surface area contributed by atoms with Gasteiger partial charge in [0.2, 0.25) is 5.43 Å². The molecule has 2 N–H and O–H groups in total. The van der Waals surface area contributed by atoms with E-state index < -0.39 is 0 Å². The van der Waals surface area contributed by atoms with E-state index in [1.807, 2.05) is 36.4 Å². The number of fused-ring (bicyclic) bond motifs is 1. The van der Waals surface area contributed by atoms with Crippen LogP contribution in [0.4, 0.5) is 0 Å². The van der Waals surface area contributed by atoms with Gasteiger partial charge in [0.15, 0.2) is 0 Å². The minimum absolute atomic E-state index is 0.0774. The van der Waals surface area contributed by atoms with Crippen LogP contribution in [0.25, 0.3) is 10.9 Å². The minimum atomic E-state index is -0.0774. The van der Waals surface area contributed by atoms with Crippen molar-refractivity contribution in [1.29, 1.82) is 0 Å². The third-order valence-corrected chi connectivity index (χ3v) is 3.79. The number of halogens is 1. The Bertz CT molecular complexity index is 858. The van der Waals surface area contributed by atoms with Crippen LogP contribution >= 0.6 is 11.6 Å². The molecule has 3 rings (SSSR count). The Kier molecular flexibility index (Phi) is 3.73. The minimum Gasteiger partial charge on any atom is -0.326 e. The van der Waals surface area contributed by atoms with Gasteiger partial charge in [-0.05, 0) is 29.3 Å². The highest BCUT2D eigenvalue weighted by Crippen LogP contribution is 2.20. The lowest BCUT2D eigenvalue weighted by Crippen LogP contribution is -2.13. The van der Waals surface area contributed by atoms with Crippen molar-refractivity contribution in [2.45, 2.75) is 13.1 Å². The fourth-order valence-corrected chi connectivity index (χ4v) is 2.56. The van der Waals surface area contributed by atoms with E-state index in [-0.39, 0.29) is 5.43 Å². The van der Waals surface area contributed by atoms with Gasteiger partial charge in [-0.1, -0.05) is 35.9 Å². The normalized spacial score (nSPS) is 11.0. The molecule has 2 aromatic carbocycles. The van der Waals surface area contributed by atoms with E-state index in [4.69, 9.17) is 17.3 Å². The van der Waals surface area contributed by atoms with Gasteiger partial charge in [-0.3, -0.25) is 9.48 Å². The molecule has 1 heterocycles. The first-order valence-electron chi connectivity index (χ1n) is 6.61. The molecule has 5 heteroatoms. The molecule has 0 aliphatic carbocycles. The second kappa shape index (κ2) is 5.68. The van der Waals surface area contributed by atoms with E-state index in [0.29, 0.717) is 23.5 Å². The number of hydrogen-bond donors (Lipinski definition) is 1. The van der Waals surface area contributed by atoms with Crippen molar-refractivity contribution in [3.63, 3.8) is 0 Å². The maximum Gasteiger partial charge on any atom is 0.207 e. The van der Waals surface area contributed by atoms with Crippen molar-refractivity contribution in [1.82, 2.24) is 9.78 Å². The van der Waals surface area contributed by atoms with E-state index in [1.165, 1.54) is 6.20 Å². The van der Waals surface area contributed by atoms with E-state index in [2.05, 4.69) is 5.10 Å². The van der Waals surface area contributed by atoms with E-state index in [1.54, 1.807) is 10.7 Å². The molecule has 0 atom stereocenters. The Hall–Kier alpha value is -2.17. The van der Waals surface area contributed by atoms with Gasteiger partial charge in [0.25, 0.3) is 0 Å². The summed E-state index contributed by atoms with van der Waals surface area (Å²) in [4.78, 5) is 11.8. The predicted molar refractivity (Wildman–Crippen MR) is 84.4 cm³/mol. The Morgan fingerprint density at radius 2 is 2.00 bits per heavy atom. The van der Waals surface area contributed by atoms with Crippen LogP contribution in [0.5, 0.6) is 0 Å². The summed E-state index contributed by atoms with van der Waals surface area (Å²) in [7, 11) is 0. The highest BCUT2D eigenvalue weighted by Gasteiger charge is 2.07. The molecular weight excluding hydrogens is 286 g/mol. The van der Waals surface area contributed by atoms with Crippen molar-refractivity contribution < 1.29 is 0 Å². The van der Waals surface area contributed by atoms with Gasteiger partial charge in [-0.25, -0.2) is 0 Å². The summed E-state index contributed by atoms with van der Waals surface area (Å²) in [6.45, 7) is 0.962. The summed E-state index contributed by atoms with van der Waals surface area (Å²) in [6, 6.07) is 13.2. The number of nitrogens with zero attached hydrogens (tertiary/aromatic N) is 2. The summed E-state index contributed by atoms with van der Waals surface area (Å²) < 4.78 is 1.78. The standard InChI is InChI=1S/C16H14ClN3O/c17-14-7-11(8-18)5-6-12(14)10-20-15-4-2-1-3-13(15)16(21)9-19-20/h1-7,9H,8,10,18H2. The number of nitrogens with two attached hydrogens (primary N) is 1. The highest BCUT2D eigenvalue weighted by molar-refractivity contribution is 6.31. The van der Waals surface area contributed by atoms with Crippen molar-refractivity contribution in [2.75, 3.05) is 0 Å². The Morgan fingerprint density at radius 1 is 1.19 bits per heavy atom. The molecule has 0 aliphatic rings. The average Bonchev–Trinajstić information content (AvgIpc) is 2.52. The Labute approximate surface area is 126 Å². The zero-order valence-electron chi connectivity index (χ0n) is 11.3. The maximum atomic E-state index is 11.8. The van der Waals surface area contributed by atoms with Crippen LogP contribution in [-0.2, 0) is 13.1 Å². The number of hydrogen-bond acceptors (Lipinski definition) is 3. The zero-order chi connectivity index (χ0) is 14.8. The van der Waals surface area contributed by atoms with Gasteiger partial charge >= 0.3 is 0 Å². The maximum absolute atomic E-state index is 11.8. The molecule has 0 unspecified atom stereocenters. The first-order chi connectivity index (χ1) is 10.2. The lowest BCUT2D eigenvalue weighted by Gasteiger charge is -2.11. The zero-order valence-corrected chi connectivity index (χ0v) is 12.0.